The third-order valence-electron chi connectivity index (χ3n) is 6.34. The van der Waals surface area contributed by atoms with Crippen LogP contribution in [0.4, 0.5) is 43.9 Å². The second-order valence-corrected chi connectivity index (χ2v) is 14.5. The van der Waals surface area contributed by atoms with Gasteiger partial charge in [-0.1, -0.05) is 13.8 Å². The number of hydrogen-bond acceptors (Lipinski definition) is 6. The second kappa shape index (κ2) is 14.9. The average molecular weight is 647 g/mol. The summed E-state index contributed by atoms with van der Waals surface area (Å²) in [5.41, 5.74) is -4.51. The van der Waals surface area contributed by atoms with Gasteiger partial charge in [0.15, 0.2) is 46.5 Å². The predicted octanol–water partition coefficient (Wildman–Crippen LogP) is 6.20. The Bertz CT molecular complexity index is 1140. The van der Waals surface area contributed by atoms with Crippen molar-refractivity contribution >= 4 is 17.6 Å². The third kappa shape index (κ3) is 6.63. The van der Waals surface area contributed by atoms with Crippen molar-refractivity contribution in [1.29, 1.82) is 0 Å². The molecule has 2 rings (SSSR count). The van der Waals surface area contributed by atoms with E-state index < -0.39 is 98.0 Å². The molecule has 0 aliphatic heterocycles. The minimum Gasteiger partial charge on any atom is -0.376 e. The largest absolute Gasteiger partial charge is 0.508 e. The fraction of sp³-hybridized carbons (Fsp3) is 0.478. The molecule has 0 amide bonds. The molecular formula is C23H28F10O6Si2. The second-order valence-electron chi connectivity index (χ2n) is 8.08. The molecule has 6 nitrogen and oxygen atoms in total. The summed E-state index contributed by atoms with van der Waals surface area (Å²) in [6, 6.07) is 0. The van der Waals surface area contributed by atoms with Crippen LogP contribution in [0.5, 0.6) is 0 Å². The summed E-state index contributed by atoms with van der Waals surface area (Å²) >= 11 is 0. The first-order chi connectivity index (χ1) is 19.1. The van der Waals surface area contributed by atoms with Crippen LogP contribution in [-0.2, 0) is 26.6 Å². The van der Waals surface area contributed by atoms with Crippen LogP contribution in [0.1, 0.15) is 42.5 Å². The third-order valence-corrected chi connectivity index (χ3v) is 12.7. The van der Waals surface area contributed by atoms with E-state index >= 15 is 0 Å². The van der Waals surface area contributed by atoms with Crippen LogP contribution >= 0.6 is 0 Å². The molecule has 0 heterocycles. The van der Waals surface area contributed by atoms with Crippen molar-refractivity contribution in [2.75, 3.05) is 42.7 Å². The van der Waals surface area contributed by atoms with E-state index in [0.29, 0.717) is 0 Å². The van der Waals surface area contributed by atoms with Crippen LogP contribution in [0.25, 0.3) is 0 Å². The molecule has 234 valence electrons. The zero-order valence-corrected chi connectivity index (χ0v) is 25.1. The molecule has 0 aliphatic rings. The number of rotatable bonds is 11. The SMILES string of the molecule is CCC(c1c(F)c(F)c(F)c(F)c1F)[Si](OC)(OC)OC.CO[Si](OC)(OC)C(C)c1c(F)c(F)c(F)c(F)c1F. The number of benzene rings is 2. The number of hydrogen-bond donors (Lipinski definition) is 0. The maximum Gasteiger partial charge on any atom is 0.508 e. The van der Waals surface area contributed by atoms with E-state index in [9.17, 15) is 43.9 Å². The topological polar surface area (TPSA) is 55.4 Å². The molecule has 0 N–H and O–H groups in total. The van der Waals surface area contributed by atoms with Gasteiger partial charge in [0.05, 0.1) is 11.1 Å². The van der Waals surface area contributed by atoms with E-state index in [1.807, 2.05) is 0 Å². The van der Waals surface area contributed by atoms with Crippen LogP contribution in [0.15, 0.2) is 0 Å². The first-order valence-corrected chi connectivity index (χ1v) is 15.0. The lowest BCUT2D eigenvalue weighted by Crippen LogP contribution is -2.50. The zero-order valence-electron chi connectivity index (χ0n) is 23.1. The summed E-state index contributed by atoms with van der Waals surface area (Å²) in [6.07, 6.45) is 0.0000939. The molecule has 2 atom stereocenters. The molecule has 2 aromatic rings. The summed E-state index contributed by atoms with van der Waals surface area (Å²) < 4.78 is 165. The average Bonchev–Trinajstić information content (AvgIpc) is 2.98. The van der Waals surface area contributed by atoms with E-state index in [0.717, 1.165) is 0 Å². The summed E-state index contributed by atoms with van der Waals surface area (Å²) in [5.74, 6) is -20.1. The highest BCUT2D eigenvalue weighted by molar-refractivity contribution is 6.62. The molecule has 2 aromatic carbocycles. The molecule has 0 saturated carbocycles. The van der Waals surface area contributed by atoms with E-state index in [1.54, 1.807) is 0 Å². The minimum absolute atomic E-state index is 0.0000939. The van der Waals surface area contributed by atoms with Gasteiger partial charge in [0.1, 0.15) is 0 Å². The Morgan fingerprint density at radius 2 is 0.683 bits per heavy atom. The molecule has 0 saturated heterocycles. The molecule has 0 bridgehead atoms. The molecule has 0 spiro atoms. The maximum absolute atomic E-state index is 13.9. The van der Waals surface area contributed by atoms with Gasteiger partial charge in [-0.15, -0.1) is 0 Å². The summed E-state index contributed by atoms with van der Waals surface area (Å²) in [6.45, 7) is 2.71. The number of halogens is 10. The monoisotopic (exact) mass is 646 g/mol. The molecule has 0 aliphatic carbocycles. The molecule has 2 unspecified atom stereocenters. The fourth-order valence-electron chi connectivity index (χ4n) is 4.19. The summed E-state index contributed by atoms with van der Waals surface area (Å²) in [4.78, 5) is 0. The van der Waals surface area contributed by atoms with E-state index in [1.165, 1.54) is 56.5 Å². The standard InChI is InChI=1S/C12H15F5O3Si.C11H13F5O3Si/c1-5-6(21(18-2,19-3)20-4)7-8(13)10(15)12(17)11(16)9(7)14;1-5(20(17-2,18-3)19-4)6-7(12)9(14)11(16)10(15)8(6)13/h6H,5H2,1-4H3;5H,1-4H3. The van der Waals surface area contributed by atoms with Crippen molar-refractivity contribution in [3.63, 3.8) is 0 Å². The summed E-state index contributed by atoms with van der Waals surface area (Å²) in [5, 5.41) is 0. The van der Waals surface area contributed by atoms with Crippen molar-refractivity contribution in [3.05, 3.63) is 69.3 Å². The smallest absolute Gasteiger partial charge is 0.376 e. The van der Waals surface area contributed by atoms with Crippen molar-refractivity contribution in [1.82, 2.24) is 0 Å². The first kappa shape index (κ1) is 37.0. The van der Waals surface area contributed by atoms with Crippen LogP contribution in [-0.4, -0.2) is 60.3 Å². The van der Waals surface area contributed by atoms with Crippen LogP contribution < -0.4 is 0 Å². The Balaban J connectivity index is 0.000000410. The highest BCUT2D eigenvalue weighted by Gasteiger charge is 2.51. The van der Waals surface area contributed by atoms with Crippen molar-refractivity contribution in [2.45, 2.75) is 31.4 Å². The molecule has 0 fully saturated rings. The quantitative estimate of drug-likeness (QED) is 0.126. The Morgan fingerprint density at radius 1 is 0.439 bits per heavy atom. The predicted molar refractivity (Wildman–Crippen MR) is 127 cm³/mol. The summed E-state index contributed by atoms with van der Waals surface area (Å²) in [7, 11) is -0.202. The van der Waals surface area contributed by atoms with Crippen molar-refractivity contribution in [3.8, 4) is 0 Å². The Kier molecular flexibility index (Phi) is 13.4. The lowest BCUT2D eigenvalue weighted by molar-refractivity contribution is 0.110. The van der Waals surface area contributed by atoms with Crippen molar-refractivity contribution < 1.29 is 70.5 Å². The zero-order chi connectivity index (χ0) is 32.0. The van der Waals surface area contributed by atoms with Crippen LogP contribution in [0.2, 0.25) is 0 Å². The van der Waals surface area contributed by atoms with E-state index in [2.05, 4.69) is 0 Å². The minimum atomic E-state index is -3.65. The highest BCUT2D eigenvalue weighted by atomic mass is 28.4. The molecule has 18 heteroatoms. The van der Waals surface area contributed by atoms with Gasteiger partial charge in [0.2, 0.25) is 11.6 Å². The first-order valence-electron chi connectivity index (χ1n) is 11.4. The van der Waals surface area contributed by atoms with E-state index in [4.69, 9.17) is 26.6 Å². The molecule has 0 aromatic heterocycles. The lowest BCUT2D eigenvalue weighted by Gasteiger charge is -2.32. The Morgan fingerprint density at radius 3 is 0.927 bits per heavy atom. The van der Waals surface area contributed by atoms with Gasteiger partial charge < -0.3 is 26.6 Å². The van der Waals surface area contributed by atoms with Crippen LogP contribution in [0.3, 0.4) is 0 Å². The Hall–Kier alpha value is -2.07. The Labute approximate surface area is 231 Å². The highest BCUT2D eigenvalue weighted by Crippen LogP contribution is 2.38. The van der Waals surface area contributed by atoms with Gasteiger partial charge in [-0.25, -0.2) is 43.9 Å². The molecule has 0 radical (unpaired) electrons. The van der Waals surface area contributed by atoms with Gasteiger partial charge in [0, 0.05) is 53.8 Å². The molecular weight excluding hydrogens is 618 g/mol. The van der Waals surface area contributed by atoms with E-state index in [-0.39, 0.29) is 6.42 Å². The van der Waals surface area contributed by atoms with Gasteiger partial charge >= 0.3 is 17.6 Å². The van der Waals surface area contributed by atoms with Gasteiger partial charge in [-0.05, 0) is 6.42 Å². The van der Waals surface area contributed by atoms with Gasteiger partial charge in [0.25, 0.3) is 0 Å². The fourth-order valence-corrected chi connectivity index (χ4v) is 8.82. The normalized spacial score (nSPS) is 13.6. The molecule has 41 heavy (non-hydrogen) atoms. The lowest BCUT2D eigenvalue weighted by atomic mass is 10.1. The maximum atomic E-state index is 13.9. The van der Waals surface area contributed by atoms with Crippen molar-refractivity contribution in [2.24, 2.45) is 0 Å². The van der Waals surface area contributed by atoms with Gasteiger partial charge in [-0.2, -0.15) is 0 Å². The van der Waals surface area contributed by atoms with Gasteiger partial charge in [-0.3, -0.25) is 0 Å². The van der Waals surface area contributed by atoms with Crippen LogP contribution in [0, 0.1) is 58.2 Å².